The van der Waals surface area contributed by atoms with E-state index in [4.69, 9.17) is 5.11 Å². The van der Waals surface area contributed by atoms with E-state index in [1.165, 1.54) is 0 Å². The van der Waals surface area contributed by atoms with Crippen LogP contribution < -0.4 is 5.32 Å². The summed E-state index contributed by atoms with van der Waals surface area (Å²) in [4.78, 5) is 24.7. The first-order valence-electron chi connectivity index (χ1n) is 5.90. The Kier molecular flexibility index (Phi) is 5.15. The second kappa shape index (κ2) is 6.42. The smallest absolute Gasteiger partial charge is 0.336 e. The normalized spacial score (nSPS) is 12.3. The molecule has 2 N–H and O–H groups in total. The molecule has 0 spiro atoms. The molecule has 1 aromatic rings. The van der Waals surface area contributed by atoms with Gasteiger partial charge in [-0.3, -0.25) is 4.79 Å². The van der Waals surface area contributed by atoms with E-state index in [2.05, 4.69) is 5.32 Å². The van der Waals surface area contributed by atoms with Gasteiger partial charge in [0.2, 0.25) is 0 Å². The third kappa shape index (κ3) is 3.99. The fraction of sp³-hybridized carbons (Fsp3) is 0.385. The molecule has 1 rings (SSSR count). The number of aromatic carboxylic acids is 1. The summed E-state index contributed by atoms with van der Waals surface area (Å²) in [5.41, 5.74) is -0.972. The van der Waals surface area contributed by atoms with Gasteiger partial charge in [0, 0.05) is 12.6 Å². The molecule has 20 heavy (non-hydrogen) atoms. The lowest BCUT2D eigenvalue weighted by Gasteiger charge is -2.18. The van der Waals surface area contributed by atoms with Gasteiger partial charge in [-0.25, -0.2) is 13.6 Å². The van der Waals surface area contributed by atoms with Crippen LogP contribution in [-0.2, 0) is 0 Å². The molecule has 0 heterocycles. The average molecular weight is 286 g/mol. The molecule has 0 saturated heterocycles. The van der Waals surface area contributed by atoms with Gasteiger partial charge in [0.1, 0.15) is 0 Å². The summed E-state index contributed by atoms with van der Waals surface area (Å²) in [6, 6.07) is 0.826. The van der Waals surface area contributed by atoms with E-state index in [0.29, 0.717) is 18.7 Å². The van der Waals surface area contributed by atoms with Gasteiger partial charge in [-0.15, -0.1) is 0 Å². The highest BCUT2D eigenvalue weighted by Gasteiger charge is 2.21. The van der Waals surface area contributed by atoms with Crippen molar-refractivity contribution in [2.75, 3.05) is 20.6 Å². The average Bonchev–Trinajstić information content (AvgIpc) is 2.30. The Morgan fingerprint density at radius 3 is 2.20 bits per heavy atom. The number of rotatable bonds is 5. The van der Waals surface area contributed by atoms with Crippen molar-refractivity contribution in [3.63, 3.8) is 0 Å². The van der Waals surface area contributed by atoms with E-state index in [9.17, 15) is 18.4 Å². The van der Waals surface area contributed by atoms with Crippen molar-refractivity contribution < 1.29 is 23.5 Å². The molecular formula is C13H16F2N2O3. The van der Waals surface area contributed by atoms with E-state index >= 15 is 0 Å². The van der Waals surface area contributed by atoms with Crippen molar-refractivity contribution in [3.8, 4) is 0 Å². The van der Waals surface area contributed by atoms with Gasteiger partial charge in [0.15, 0.2) is 11.6 Å². The monoisotopic (exact) mass is 286 g/mol. The molecule has 0 aromatic heterocycles. The molecule has 1 amide bonds. The quantitative estimate of drug-likeness (QED) is 0.857. The van der Waals surface area contributed by atoms with Crippen LogP contribution in [0.2, 0.25) is 0 Å². The first-order valence-corrected chi connectivity index (χ1v) is 5.90. The number of carbonyl (C=O) groups excluding carboxylic acids is 1. The summed E-state index contributed by atoms with van der Waals surface area (Å²) in [5.74, 6) is -4.81. The first kappa shape index (κ1) is 16.0. The Morgan fingerprint density at radius 1 is 1.25 bits per heavy atom. The first-order chi connectivity index (χ1) is 9.22. The molecule has 1 atom stereocenters. The Labute approximate surface area is 115 Å². The number of benzene rings is 1. The molecule has 0 aliphatic carbocycles. The van der Waals surface area contributed by atoms with E-state index in [-0.39, 0.29) is 6.04 Å². The summed E-state index contributed by atoms with van der Waals surface area (Å²) < 4.78 is 26.2. The van der Waals surface area contributed by atoms with Gasteiger partial charge >= 0.3 is 5.97 Å². The van der Waals surface area contributed by atoms with Crippen molar-refractivity contribution in [2.24, 2.45) is 0 Å². The zero-order chi connectivity index (χ0) is 15.4. The number of hydrogen-bond acceptors (Lipinski definition) is 3. The van der Waals surface area contributed by atoms with Crippen molar-refractivity contribution in [3.05, 3.63) is 34.9 Å². The number of carboxylic acids is 1. The number of nitrogens with one attached hydrogen (secondary N) is 1. The van der Waals surface area contributed by atoms with Gasteiger partial charge < -0.3 is 15.3 Å². The van der Waals surface area contributed by atoms with E-state index in [0.717, 1.165) is 0 Å². The van der Waals surface area contributed by atoms with Crippen LogP contribution in [0.5, 0.6) is 0 Å². The zero-order valence-corrected chi connectivity index (χ0v) is 11.4. The van der Waals surface area contributed by atoms with E-state index in [1.807, 2.05) is 19.0 Å². The van der Waals surface area contributed by atoms with E-state index in [1.54, 1.807) is 6.92 Å². The summed E-state index contributed by atoms with van der Waals surface area (Å²) in [5, 5.41) is 11.5. The molecule has 0 fully saturated rings. The summed E-state index contributed by atoms with van der Waals surface area (Å²) in [6.07, 6.45) is 0. The number of carbonyl (C=O) groups is 2. The number of carboxylic acid groups (broad SMARTS) is 1. The van der Waals surface area contributed by atoms with Crippen LogP contribution in [0.4, 0.5) is 8.78 Å². The Balaban J connectivity index is 3.03. The van der Waals surface area contributed by atoms with Crippen LogP contribution in [-0.4, -0.2) is 48.6 Å². The number of amides is 1. The SMILES string of the molecule is CC(CN(C)C)NC(=O)c1cc(F)c(F)cc1C(=O)O. The van der Waals surface area contributed by atoms with Crippen LogP contribution in [0, 0.1) is 11.6 Å². The van der Waals surface area contributed by atoms with Gasteiger partial charge in [-0.1, -0.05) is 0 Å². The highest BCUT2D eigenvalue weighted by Crippen LogP contribution is 2.15. The number of likely N-dealkylation sites (N-methyl/N-ethyl adjacent to an activating group) is 1. The van der Waals surface area contributed by atoms with Crippen LogP contribution in [0.15, 0.2) is 12.1 Å². The lowest BCUT2D eigenvalue weighted by Crippen LogP contribution is -2.40. The predicted molar refractivity (Wildman–Crippen MR) is 68.8 cm³/mol. The molecule has 0 aliphatic rings. The number of hydrogen-bond donors (Lipinski definition) is 2. The maximum absolute atomic E-state index is 13.2. The van der Waals surface area contributed by atoms with Crippen LogP contribution >= 0.6 is 0 Å². The van der Waals surface area contributed by atoms with E-state index < -0.39 is 34.6 Å². The molecule has 110 valence electrons. The zero-order valence-electron chi connectivity index (χ0n) is 11.4. The maximum Gasteiger partial charge on any atom is 0.336 e. The number of halogens is 2. The second-order valence-corrected chi connectivity index (χ2v) is 4.75. The molecule has 0 bridgehead atoms. The minimum Gasteiger partial charge on any atom is -0.478 e. The number of nitrogens with zero attached hydrogens (tertiary/aromatic N) is 1. The standard InChI is InChI=1S/C13H16F2N2O3/c1-7(6-17(2)3)16-12(18)8-4-10(14)11(15)5-9(8)13(19)20/h4-5,7H,6H2,1-3H3,(H,16,18)(H,19,20). The minimum atomic E-state index is -1.49. The highest BCUT2D eigenvalue weighted by atomic mass is 19.2. The third-order valence-corrected chi connectivity index (χ3v) is 2.55. The molecule has 5 nitrogen and oxygen atoms in total. The summed E-state index contributed by atoms with van der Waals surface area (Å²) in [7, 11) is 3.62. The Bertz CT molecular complexity index is 533. The predicted octanol–water partition coefficient (Wildman–Crippen LogP) is 1.34. The van der Waals surface area contributed by atoms with Gasteiger partial charge in [0.25, 0.3) is 5.91 Å². The molecule has 7 heteroatoms. The molecule has 0 radical (unpaired) electrons. The van der Waals surface area contributed by atoms with Gasteiger partial charge in [-0.2, -0.15) is 0 Å². The topological polar surface area (TPSA) is 69.6 Å². The Hall–Kier alpha value is -2.02. The van der Waals surface area contributed by atoms with Crippen LogP contribution in [0.1, 0.15) is 27.6 Å². The maximum atomic E-state index is 13.2. The van der Waals surface area contributed by atoms with Crippen molar-refractivity contribution >= 4 is 11.9 Å². The van der Waals surface area contributed by atoms with Crippen LogP contribution in [0.3, 0.4) is 0 Å². The third-order valence-electron chi connectivity index (χ3n) is 2.55. The largest absolute Gasteiger partial charge is 0.478 e. The molecule has 0 saturated carbocycles. The minimum absolute atomic E-state index is 0.271. The summed E-state index contributed by atoms with van der Waals surface area (Å²) >= 11 is 0. The second-order valence-electron chi connectivity index (χ2n) is 4.75. The highest BCUT2D eigenvalue weighted by molar-refractivity contribution is 6.04. The molecule has 0 aliphatic heterocycles. The molecule has 1 unspecified atom stereocenters. The van der Waals surface area contributed by atoms with Gasteiger partial charge in [-0.05, 0) is 33.2 Å². The van der Waals surface area contributed by atoms with Crippen LogP contribution in [0.25, 0.3) is 0 Å². The fourth-order valence-corrected chi connectivity index (χ4v) is 1.81. The van der Waals surface area contributed by atoms with Gasteiger partial charge in [0.05, 0.1) is 11.1 Å². The fourth-order valence-electron chi connectivity index (χ4n) is 1.81. The van der Waals surface area contributed by atoms with Crippen molar-refractivity contribution in [2.45, 2.75) is 13.0 Å². The summed E-state index contributed by atoms with van der Waals surface area (Å²) in [6.45, 7) is 2.25. The molecule has 1 aromatic carbocycles. The lowest BCUT2D eigenvalue weighted by atomic mass is 10.1. The Morgan fingerprint density at radius 2 is 1.75 bits per heavy atom. The lowest BCUT2D eigenvalue weighted by molar-refractivity contribution is 0.0689. The van der Waals surface area contributed by atoms with Crippen molar-refractivity contribution in [1.82, 2.24) is 10.2 Å². The van der Waals surface area contributed by atoms with Crippen molar-refractivity contribution in [1.29, 1.82) is 0 Å². The molecular weight excluding hydrogens is 270 g/mol.